The summed E-state index contributed by atoms with van der Waals surface area (Å²) in [5.41, 5.74) is 0.314. The van der Waals surface area contributed by atoms with Crippen molar-refractivity contribution in [2.24, 2.45) is 0 Å². The smallest absolute Gasteiger partial charge is 0.373 e. The van der Waals surface area contributed by atoms with E-state index in [-0.39, 0.29) is 22.5 Å². The van der Waals surface area contributed by atoms with E-state index in [9.17, 15) is 14.5 Å². The number of benzene rings is 2. The van der Waals surface area contributed by atoms with E-state index in [4.69, 9.17) is 16.3 Å². The summed E-state index contributed by atoms with van der Waals surface area (Å²) in [6.45, 7) is 0. The van der Waals surface area contributed by atoms with Crippen LogP contribution in [0.2, 0.25) is 5.02 Å². The zero-order valence-corrected chi connectivity index (χ0v) is 17.2. The Bertz CT molecular complexity index is 1290. The summed E-state index contributed by atoms with van der Waals surface area (Å²) >= 11 is 9.21. The second-order valence-electron chi connectivity index (χ2n) is 5.93. The van der Waals surface area contributed by atoms with Gasteiger partial charge in [0.2, 0.25) is 5.82 Å². The highest BCUT2D eigenvalue weighted by Gasteiger charge is 2.26. The summed E-state index contributed by atoms with van der Waals surface area (Å²) in [5, 5.41) is 15.1. The third-order valence-electron chi connectivity index (χ3n) is 4.04. The van der Waals surface area contributed by atoms with Gasteiger partial charge in [-0.25, -0.2) is 9.37 Å². The minimum Gasteiger partial charge on any atom is -0.431 e. The molecule has 150 valence electrons. The molecule has 1 N–H and O–H groups in total. The van der Waals surface area contributed by atoms with Crippen molar-refractivity contribution in [1.82, 2.24) is 15.0 Å². The van der Waals surface area contributed by atoms with Crippen LogP contribution < -0.4 is 10.1 Å². The number of fused-ring (bicyclic) bond motifs is 1. The van der Waals surface area contributed by atoms with Crippen molar-refractivity contribution in [2.75, 3.05) is 5.32 Å². The van der Waals surface area contributed by atoms with Crippen molar-refractivity contribution >= 4 is 55.6 Å². The van der Waals surface area contributed by atoms with Crippen LogP contribution in [0, 0.1) is 15.9 Å². The van der Waals surface area contributed by atoms with E-state index in [0.29, 0.717) is 11.2 Å². The van der Waals surface area contributed by atoms with Crippen LogP contribution in [0.4, 0.5) is 21.6 Å². The molecule has 2 aromatic heterocycles. The number of ether oxygens (including phenoxy) is 1. The summed E-state index contributed by atoms with van der Waals surface area (Å²) in [4.78, 5) is 23.2. The molecule has 0 saturated heterocycles. The molecule has 0 unspecified atom stereocenters. The fourth-order valence-electron chi connectivity index (χ4n) is 2.70. The van der Waals surface area contributed by atoms with Gasteiger partial charge >= 0.3 is 11.6 Å². The van der Waals surface area contributed by atoms with Crippen LogP contribution in [0.3, 0.4) is 0 Å². The number of aromatic nitrogens is 3. The number of nitrogens with one attached hydrogen (secondary N) is 1. The number of nitrogens with zero attached hydrogens (tertiary/aromatic N) is 4. The molecule has 30 heavy (non-hydrogen) atoms. The van der Waals surface area contributed by atoms with Crippen LogP contribution >= 0.6 is 27.5 Å². The van der Waals surface area contributed by atoms with E-state index < -0.39 is 16.4 Å². The Hall–Kier alpha value is -3.37. The third kappa shape index (κ3) is 3.87. The first-order valence-corrected chi connectivity index (χ1v) is 9.53. The molecule has 0 bridgehead atoms. The molecule has 4 aromatic rings. The number of hydrogen-bond donors (Lipinski definition) is 1. The van der Waals surface area contributed by atoms with Crippen LogP contribution in [0.15, 0.2) is 59.5 Å². The van der Waals surface area contributed by atoms with Gasteiger partial charge in [-0.15, -0.1) is 0 Å². The molecule has 2 heterocycles. The van der Waals surface area contributed by atoms with Crippen LogP contribution in [0.25, 0.3) is 10.9 Å². The molecule has 0 atom stereocenters. The number of nitro groups is 1. The summed E-state index contributed by atoms with van der Waals surface area (Å²) in [6, 6.07) is 10.8. The standard InChI is InChI=1S/C19H10BrClFN5O3/c20-12-4-6-15(16-11(12)2-1-7-23-16)30-19-17(27(28)29)18(24-9-25-19)26-10-3-5-14(22)13(21)8-10/h1-9H,(H,24,25,26). The maximum absolute atomic E-state index is 13.4. The molecular formula is C19H10BrClFN5O3. The molecular weight excluding hydrogens is 481 g/mol. The Morgan fingerprint density at radius 3 is 2.77 bits per heavy atom. The first-order chi connectivity index (χ1) is 14.4. The normalized spacial score (nSPS) is 10.8. The molecule has 0 aliphatic rings. The molecule has 0 fully saturated rings. The van der Waals surface area contributed by atoms with Gasteiger partial charge in [-0.1, -0.05) is 33.6 Å². The van der Waals surface area contributed by atoms with Crippen LogP contribution in [0.5, 0.6) is 11.6 Å². The second-order valence-corrected chi connectivity index (χ2v) is 7.20. The van der Waals surface area contributed by atoms with Gasteiger partial charge < -0.3 is 10.1 Å². The van der Waals surface area contributed by atoms with Crippen molar-refractivity contribution in [3.8, 4) is 11.6 Å². The average Bonchev–Trinajstić information content (AvgIpc) is 2.73. The highest BCUT2D eigenvalue weighted by Crippen LogP contribution is 2.38. The molecule has 0 aliphatic heterocycles. The lowest BCUT2D eigenvalue weighted by Gasteiger charge is -2.11. The molecule has 2 aromatic carbocycles. The van der Waals surface area contributed by atoms with Gasteiger partial charge in [-0.05, 0) is 36.4 Å². The Morgan fingerprint density at radius 2 is 2.00 bits per heavy atom. The van der Waals surface area contributed by atoms with Gasteiger partial charge in [0.05, 0.1) is 9.95 Å². The van der Waals surface area contributed by atoms with E-state index in [1.807, 2.05) is 6.07 Å². The van der Waals surface area contributed by atoms with Gasteiger partial charge in [0.25, 0.3) is 0 Å². The summed E-state index contributed by atoms with van der Waals surface area (Å²) in [7, 11) is 0. The van der Waals surface area contributed by atoms with Crippen molar-refractivity contribution in [2.45, 2.75) is 0 Å². The monoisotopic (exact) mass is 489 g/mol. The Morgan fingerprint density at radius 1 is 1.17 bits per heavy atom. The lowest BCUT2D eigenvalue weighted by atomic mass is 10.2. The predicted molar refractivity (Wildman–Crippen MR) is 113 cm³/mol. The van der Waals surface area contributed by atoms with Crippen molar-refractivity contribution < 1.29 is 14.1 Å². The highest BCUT2D eigenvalue weighted by molar-refractivity contribution is 9.10. The largest absolute Gasteiger partial charge is 0.431 e. The molecule has 0 saturated carbocycles. The topological polar surface area (TPSA) is 103 Å². The first-order valence-electron chi connectivity index (χ1n) is 8.36. The van der Waals surface area contributed by atoms with Crippen LogP contribution in [-0.4, -0.2) is 19.9 Å². The van der Waals surface area contributed by atoms with Crippen molar-refractivity contribution in [1.29, 1.82) is 0 Å². The molecule has 4 rings (SSSR count). The van der Waals surface area contributed by atoms with E-state index in [1.165, 1.54) is 12.1 Å². The number of rotatable bonds is 5. The molecule has 0 spiro atoms. The van der Waals surface area contributed by atoms with Gasteiger partial charge in [0, 0.05) is 21.7 Å². The zero-order chi connectivity index (χ0) is 21.3. The number of hydrogen-bond acceptors (Lipinski definition) is 7. The van der Waals surface area contributed by atoms with Gasteiger partial charge in [0.15, 0.2) is 5.75 Å². The average molecular weight is 491 g/mol. The van der Waals surface area contributed by atoms with E-state index in [2.05, 4.69) is 36.2 Å². The number of anilines is 2. The first kappa shape index (κ1) is 19.9. The highest BCUT2D eigenvalue weighted by atomic mass is 79.9. The zero-order valence-electron chi connectivity index (χ0n) is 14.8. The van der Waals surface area contributed by atoms with Gasteiger partial charge in [0.1, 0.15) is 17.7 Å². The van der Waals surface area contributed by atoms with Crippen molar-refractivity contribution in [3.63, 3.8) is 0 Å². The molecule has 8 nitrogen and oxygen atoms in total. The quantitative estimate of drug-likeness (QED) is 0.269. The van der Waals surface area contributed by atoms with Gasteiger partial charge in [-0.3, -0.25) is 15.1 Å². The second kappa shape index (κ2) is 8.17. The van der Waals surface area contributed by atoms with E-state index >= 15 is 0 Å². The van der Waals surface area contributed by atoms with E-state index in [0.717, 1.165) is 22.3 Å². The maximum atomic E-state index is 13.4. The van der Waals surface area contributed by atoms with Gasteiger partial charge in [-0.2, -0.15) is 4.98 Å². The predicted octanol–water partition coefficient (Wildman–Crippen LogP) is 6.02. The summed E-state index contributed by atoms with van der Waals surface area (Å²) in [5.74, 6) is -0.744. The Kier molecular flexibility index (Phi) is 5.42. The Labute approximate surface area is 182 Å². The molecule has 0 aliphatic carbocycles. The Balaban J connectivity index is 1.76. The maximum Gasteiger partial charge on any atom is 0.373 e. The molecule has 11 heteroatoms. The molecule has 0 radical (unpaired) electrons. The molecule has 0 amide bonds. The van der Waals surface area contributed by atoms with Crippen LogP contribution in [-0.2, 0) is 0 Å². The SMILES string of the molecule is O=[N+]([O-])c1c(Nc2ccc(F)c(Cl)c2)ncnc1Oc1ccc(Br)c2cccnc12. The summed E-state index contributed by atoms with van der Waals surface area (Å²) in [6.07, 6.45) is 2.70. The fourth-order valence-corrected chi connectivity index (χ4v) is 3.34. The minimum atomic E-state index is -0.669. The summed E-state index contributed by atoms with van der Waals surface area (Å²) < 4.78 is 19.9. The van der Waals surface area contributed by atoms with Crippen LogP contribution in [0.1, 0.15) is 0 Å². The number of pyridine rings is 1. The van der Waals surface area contributed by atoms with E-state index in [1.54, 1.807) is 24.4 Å². The lowest BCUT2D eigenvalue weighted by molar-refractivity contribution is -0.385. The lowest BCUT2D eigenvalue weighted by Crippen LogP contribution is -2.04. The number of halogens is 3. The van der Waals surface area contributed by atoms with Crippen molar-refractivity contribution in [3.05, 3.63) is 80.4 Å². The minimum absolute atomic E-state index is 0.137. The fraction of sp³-hybridized carbons (Fsp3) is 0. The third-order valence-corrected chi connectivity index (χ3v) is 5.02.